The van der Waals surface area contributed by atoms with E-state index in [1.54, 1.807) is 0 Å². The summed E-state index contributed by atoms with van der Waals surface area (Å²) in [7, 11) is 0. The molecule has 3 N–H and O–H groups in total. The Balaban J connectivity index is 3.28. The second-order valence-corrected chi connectivity index (χ2v) is 25.6. The first-order chi connectivity index (χ1) is 39.0. The molecule has 0 heterocycles. The summed E-state index contributed by atoms with van der Waals surface area (Å²) in [5, 5.41) is 23.3. The minimum Gasteiger partial charge on any atom is -0.466 e. The summed E-state index contributed by atoms with van der Waals surface area (Å²) in [5.41, 5.74) is 0. The molecule has 6 nitrogen and oxygen atoms in total. The average molecular weight is 1120 g/mol. The van der Waals surface area contributed by atoms with Crippen LogP contribution in [0, 0.1) is 0 Å². The molecule has 1 amide bonds. The number of hydrogen-bond donors (Lipinski definition) is 3. The van der Waals surface area contributed by atoms with E-state index in [1.807, 2.05) is 0 Å². The molecular weight excluding hydrogens is 971 g/mol. The molecule has 0 aromatic rings. The van der Waals surface area contributed by atoms with Crippen LogP contribution in [0.4, 0.5) is 0 Å². The van der Waals surface area contributed by atoms with Crippen molar-refractivity contribution < 1.29 is 24.5 Å². The number of esters is 1. The van der Waals surface area contributed by atoms with Gasteiger partial charge in [0.15, 0.2) is 0 Å². The number of nitrogens with one attached hydrogen (secondary N) is 1. The molecule has 0 aromatic heterocycles. The van der Waals surface area contributed by atoms with Gasteiger partial charge in [-0.1, -0.05) is 393 Å². The fourth-order valence-electron chi connectivity index (χ4n) is 12.1. The maximum atomic E-state index is 12.5. The van der Waals surface area contributed by atoms with Crippen LogP contribution in [0.1, 0.15) is 431 Å². The number of ether oxygens (including phenoxy) is 1. The van der Waals surface area contributed by atoms with Crippen LogP contribution in [0.15, 0.2) is 0 Å². The van der Waals surface area contributed by atoms with Gasteiger partial charge >= 0.3 is 5.97 Å². The number of unbranched alkanes of at least 4 members (excludes halogenated alkanes) is 59. The van der Waals surface area contributed by atoms with Crippen molar-refractivity contribution in [3.8, 4) is 0 Å². The standard InChI is InChI=1S/C73H145NO5/c1-3-5-7-9-11-13-15-17-18-39-43-47-51-55-59-63-67-73(78)79-68-64-60-56-52-48-44-40-37-35-33-31-29-27-25-23-21-19-20-22-24-26-28-30-32-34-36-38-42-46-50-54-58-62-66-72(77)74-70(69-75)71(76)65-61-57-53-49-45-41-16-14-12-10-8-6-4-2/h70-71,75-76H,3-69H2,1-2H3,(H,74,77). The molecule has 0 aliphatic heterocycles. The van der Waals surface area contributed by atoms with Crippen molar-refractivity contribution >= 4 is 11.9 Å². The van der Waals surface area contributed by atoms with Crippen LogP contribution in [-0.4, -0.2) is 47.4 Å². The van der Waals surface area contributed by atoms with Crippen molar-refractivity contribution in [3.05, 3.63) is 0 Å². The number of carbonyl (C=O) groups is 2. The lowest BCUT2D eigenvalue weighted by Gasteiger charge is -2.22. The summed E-state index contributed by atoms with van der Waals surface area (Å²) in [6.45, 7) is 5.00. The third-order valence-corrected chi connectivity index (χ3v) is 17.7. The number of aliphatic hydroxyl groups excluding tert-OH is 2. The molecule has 0 fully saturated rings. The molecule has 0 aliphatic carbocycles. The average Bonchev–Trinajstić information content (AvgIpc) is 3.45. The molecule has 0 rings (SSSR count). The number of carbonyl (C=O) groups excluding carboxylic acids is 2. The molecule has 79 heavy (non-hydrogen) atoms. The molecule has 0 aromatic carbocycles. The zero-order valence-electron chi connectivity index (χ0n) is 54.2. The molecular formula is C73H145NO5. The normalized spacial score (nSPS) is 12.4. The van der Waals surface area contributed by atoms with Crippen LogP contribution in [-0.2, 0) is 14.3 Å². The van der Waals surface area contributed by atoms with Crippen molar-refractivity contribution in [3.63, 3.8) is 0 Å². The highest BCUT2D eigenvalue weighted by atomic mass is 16.5. The SMILES string of the molecule is CCCCCCCCCCCCCCCCCCC(=O)OCCCCCCCCCCCCCCCCCCCCCCCCCCCCCCCCCCCC(=O)NC(CO)C(O)CCCCCCCCCCCCCCC. The summed E-state index contributed by atoms with van der Waals surface area (Å²) in [6, 6.07) is -0.536. The Kier molecular flexibility index (Phi) is 68.4. The van der Waals surface area contributed by atoms with Crippen LogP contribution in [0.2, 0.25) is 0 Å². The number of aliphatic hydroxyl groups is 2. The minimum absolute atomic E-state index is 0.0264. The maximum Gasteiger partial charge on any atom is 0.305 e. The van der Waals surface area contributed by atoms with Crippen molar-refractivity contribution in [2.75, 3.05) is 13.2 Å². The minimum atomic E-state index is -0.659. The predicted octanol–water partition coefficient (Wildman–Crippen LogP) is 23.8. The van der Waals surface area contributed by atoms with Crippen LogP contribution < -0.4 is 5.32 Å². The van der Waals surface area contributed by atoms with Gasteiger partial charge in [0.1, 0.15) is 0 Å². The highest BCUT2D eigenvalue weighted by molar-refractivity contribution is 5.76. The second-order valence-electron chi connectivity index (χ2n) is 25.6. The van der Waals surface area contributed by atoms with Crippen molar-refractivity contribution in [2.45, 2.75) is 443 Å². The molecule has 0 bridgehead atoms. The van der Waals surface area contributed by atoms with E-state index in [0.717, 1.165) is 38.5 Å². The first-order valence-corrected chi connectivity index (χ1v) is 36.8. The van der Waals surface area contributed by atoms with Crippen LogP contribution in [0.3, 0.4) is 0 Å². The van der Waals surface area contributed by atoms with E-state index in [-0.39, 0.29) is 18.5 Å². The summed E-state index contributed by atoms with van der Waals surface area (Å²) in [4.78, 5) is 24.6. The van der Waals surface area contributed by atoms with E-state index < -0.39 is 12.1 Å². The molecule has 0 radical (unpaired) electrons. The smallest absolute Gasteiger partial charge is 0.305 e. The largest absolute Gasteiger partial charge is 0.466 e. The van der Waals surface area contributed by atoms with Gasteiger partial charge in [-0.05, 0) is 25.7 Å². The van der Waals surface area contributed by atoms with Gasteiger partial charge in [-0.2, -0.15) is 0 Å². The Labute approximate surface area is 496 Å². The zero-order chi connectivity index (χ0) is 57.1. The topological polar surface area (TPSA) is 95.9 Å². The predicted molar refractivity (Wildman–Crippen MR) is 347 cm³/mol. The Hall–Kier alpha value is -1.14. The van der Waals surface area contributed by atoms with Gasteiger partial charge in [0.25, 0.3) is 0 Å². The molecule has 6 heteroatoms. The van der Waals surface area contributed by atoms with Gasteiger partial charge in [0.2, 0.25) is 5.91 Å². The fraction of sp³-hybridized carbons (Fsp3) is 0.973. The second kappa shape index (κ2) is 69.4. The summed E-state index contributed by atoms with van der Waals surface area (Å²) < 4.78 is 5.51. The summed E-state index contributed by atoms with van der Waals surface area (Å²) in [6.07, 6.45) is 84.6. The number of rotatable bonds is 70. The summed E-state index contributed by atoms with van der Waals surface area (Å²) >= 11 is 0. The summed E-state index contributed by atoms with van der Waals surface area (Å²) in [5.74, 6) is -0.000744. The van der Waals surface area contributed by atoms with Gasteiger partial charge in [0, 0.05) is 12.8 Å². The first kappa shape index (κ1) is 77.9. The molecule has 0 aliphatic rings. The molecule has 0 saturated carbocycles. The Morgan fingerprint density at radius 2 is 0.519 bits per heavy atom. The highest BCUT2D eigenvalue weighted by Gasteiger charge is 2.20. The molecule has 2 atom stereocenters. The number of amides is 1. The molecule has 2 unspecified atom stereocenters. The van der Waals surface area contributed by atoms with Gasteiger partial charge < -0.3 is 20.3 Å². The Bertz CT molecular complexity index is 1150. The Morgan fingerprint density at radius 3 is 0.772 bits per heavy atom. The molecule has 0 saturated heterocycles. The fourth-order valence-corrected chi connectivity index (χ4v) is 12.1. The lowest BCUT2D eigenvalue weighted by molar-refractivity contribution is -0.143. The lowest BCUT2D eigenvalue weighted by Crippen LogP contribution is -2.45. The quantitative estimate of drug-likeness (QED) is 0.0417. The van der Waals surface area contributed by atoms with E-state index >= 15 is 0 Å². The van der Waals surface area contributed by atoms with Gasteiger partial charge in [0.05, 0.1) is 25.4 Å². The third-order valence-electron chi connectivity index (χ3n) is 17.7. The molecule has 472 valence electrons. The van der Waals surface area contributed by atoms with Crippen molar-refractivity contribution in [2.24, 2.45) is 0 Å². The molecule has 0 spiro atoms. The van der Waals surface area contributed by atoms with Crippen LogP contribution >= 0.6 is 0 Å². The van der Waals surface area contributed by atoms with Gasteiger partial charge in [-0.15, -0.1) is 0 Å². The van der Waals surface area contributed by atoms with Crippen molar-refractivity contribution in [1.29, 1.82) is 0 Å². The van der Waals surface area contributed by atoms with Crippen LogP contribution in [0.25, 0.3) is 0 Å². The van der Waals surface area contributed by atoms with E-state index in [1.165, 1.54) is 360 Å². The first-order valence-electron chi connectivity index (χ1n) is 36.8. The highest BCUT2D eigenvalue weighted by Crippen LogP contribution is 2.20. The monoisotopic (exact) mass is 1120 g/mol. The number of hydrogen-bond acceptors (Lipinski definition) is 5. The van der Waals surface area contributed by atoms with Gasteiger partial charge in [-0.25, -0.2) is 0 Å². The Morgan fingerprint density at radius 1 is 0.304 bits per heavy atom. The van der Waals surface area contributed by atoms with E-state index in [4.69, 9.17) is 4.74 Å². The maximum absolute atomic E-state index is 12.5. The van der Waals surface area contributed by atoms with Crippen molar-refractivity contribution in [1.82, 2.24) is 5.32 Å². The third kappa shape index (κ3) is 65.9. The lowest BCUT2D eigenvalue weighted by atomic mass is 10.0. The van der Waals surface area contributed by atoms with E-state index in [9.17, 15) is 19.8 Å². The van der Waals surface area contributed by atoms with E-state index in [0.29, 0.717) is 25.9 Å². The van der Waals surface area contributed by atoms with Crippen LogP contribution in [0.5, 0.6) is 0 Å². The zero-order valence-corrected chi connectivity index (χ0v) is 54.2. The van der Waals surface area contributed by atoms with E-state index in [2.05, 4.69) is 19.2 Å². The van der Waals surface area contributed by atoms with Gasteiger partial charge in [-0.3, -0.25) is 9.59 Å².